The number of nitrogens with two attached hydrogens (primary N) is 1. The summed E-state index contributed by atoms with van der Waals surface area (Å²) >= 11 is 0. The highest BCUT2D eigenvalue weighted by molar-refractivity contribution is 6.13. The molecule has 0 radical (unpaired) electrons. The number of aryl methyl sites for hydroxylation is 1. The van der Waals surface area contributed by atoms with Gasteiger partial charge in [-0.1, -0.05) is 6.07 Å². The van der Waals surface area contributed by atoms with Crippen molar-refractivity contribution in [1.82, 2.24) is 5.32 Å². The summed E-state index contributed by atoms with van der Waals surface area (Å²) in [5.74, 6) is 1.64. The minimum Gasteiger partial charge on any atom is -0.496 e. The van der Waals surface area contributed by atoms with Gasteiger partial charge in [0.2, 0.25) is 5.96 Å². The van der Waals surface area contributed by atoms with Crippen LogP contribution in [-0.4, -0.2) is 19.0 Å². The maximum absolute atomic E-state index is 11.6. The molecule has 1 aromatic heterocycles. The molecule has 1 amide bonds. The van der Waals surface area contributed by atoms with Gasteiger partial charge in [0.15, 0.2) is 0 Å². The van der Waals surface area contributed by atoms with Gasteiger partial charge in [0, 0.05) is 6.08 Å². The number of nitrogens with zero attached hydrogens (tertiary/aromatic N) is 1. The van der Waals surface area contributed by atoms with Crippen molar-refractivity contribution in [3.63, 3.8) is 0 Å². The van der Waals surface area contributed by atoms with E-state index < -0.39 is 0 Å². The molecule has 22 heavy (non-hydrogen) atoms. The molecule has 0 saturated heterocycles. The number of rotatable bonds is 3. The van der Waals surface area contributed by atoms with Crippen LogP contribution in [0.5, 0.6) is 5.75 Å². The molecule has 0 bridgehead atoms. The van der Waals surface area contributed by atoms with Crippen molar-refractivity contribution in [1.29, 1.82) is 0 Å². The van der Waals surface area contributed by atoms with Gasteiger partial charge in [0.25, 0.3) is 5.91 Å². The van der Waals surface area contributed by atoms with Gasteiger partial charge in [-0.25, -0.2) is 4.99 Å². The molecule has 0 saturated carbocycles. The van der Waals surface area contributed by atoms with Crippen LogP contribution in [0, 0.1) is 6.92 Å². The van der Waals surface area contributed by atoms with Gasteiger partial charge in [-0.2, -0.15) is 0 Å². The molecule has 0 unspecified atom stereocenters. The van der Waals surface area contributed by atoms with Crippen molar-refractivity contribution in [3.8, 4) is 17.1 Å². The Labute approximate surface area is 127 Å². The lowest BCUT2D eigenvalue weighted by Gasteiger charge is -2.06. The number of hydrogen-bond donors (Lipinski definition) is 2. The number of carbonyl (C=O) groups excluding carboxylic acids is 1. The van der Waals surface area contributed by atoms with Crippen LogP contribution in [0.1, 0.15) is 11.3 Å². The summed E-state index contributed by atoms with van der Waals surface area (Å²) in [5, 5.41) is 2.41. The lowest BCUT2D eigenvalue weighted by atomic mass is 10.1. The highest BCUT2D eigenvalue weighted by Crippen LogP contribution is 2.32. The molecule has 6 nitrogen and oxygen atoms in total. The quantitative estimate of drug-likeness (QED) is 0.848. The van der Waals surface area contributed by atoms with Crippen LogP contribution in [0.3, 0.4) is 0 Å². The van der Waals surface area contributed by atoms with E-state index in [2.05, 4.69) is 10.3 Å². The van der Waals surface area contributed by atoms with Gasteiger partial charge in [0.1, 0.15) is 23.0 Å². The molecule has 3 rings (SSSR count). The average molecular weight is 297 g/mol. The maximum Gasteiger partial charge on any atom is 0.276 e. The average Bonchev–Trinajstić information content (AvgIpc) is 3.06. The summed E-state index contributed by atoms with van der Waals surface area (Å²) in [6.45, 7) is 1.99. The summed E-state index contributed by atoms with van der Waals surface area (Å²) in [6, 6.07) is 9.43. The second-order valence-corrected chi connectivity index (χ2v) is 4.89. The van der Waals surface area contributed by atoms with Crippen LogP contribution >= 0.6 is 0 Å². The predicted octanol–water partition coefficient (Wildman–Crippen LogP) is 2.05. The molecule has 3 N–H and O–H groups in total. The topological polar surface area (TPSA) is 89.9 Å². The number of aliphatic imine (C=N–C) groups is 1. The smallest absolute Gasteiger partial charge is 0.276 e. The second-order valence-electron chi connectivity index (χ2n) is 4.89. The molecule has 2 heterocycles. The molecule has 0 spiro atoms. The highest BCUT2D eigenvalue weighted by atomic mass is 16.5. The fourth-order valence-corrected chi connectivity index (χ4v) is 2.20. The number of carbonyl (C=O) groups is 1. The molecule has 112 valence electrons. The van der Waals surface area contributed by atoms with Gasteiger partial charge in [-0.15, -0.1) is 0 Å². The van der Waals surface area contributed by atoms with Gasteiger partial charge in [-0.3, -0.25) is 10.1 Å². The molecule has 6 heteroatoms. The molecule has 1 aromatic carbocycles. The van der Waals surface area contributed by atoms with E-state index in [1.165, 1.54) is 0 Å². The van der Waals surface area contributed by atoms with Crippen LogP contribution in [-0.2, 0) is 4.79 Å². The Kier molecular flexibility index (Phi) is 3.42. The molecule has 0 fully saturated rings. The predicted molar refractivity (Wildman–Crippen MR) is 83.2 cm³/mol. The monoisotopic (exact) mass is 297 g/mol. The fourth-order valence-electron chi connectivity index (χ4n) is 2.20. The zero-order valence-corrected chi connectivity index (χ0v) is 12.2. The summed E-state index contributed by atoms with van der Waals surface area (Å²) < 4.78 is 11.1. The zero-order valence-electron chi connectivity index (χ0n) is 12.2. The van der Waals surface area contributed by atoms with Crippen LogP contribution in [0.15, 0.2) is 45.4 Å². The van der Waals surface area contributed by atoms with Crippen molar-refractivity contribution < 1.29 is 13.9 Å². The van der Waals surface area contributed by atoms with E-state index in [9.17, 15) is 4.79 Å². The Balaban J connectivity index is 1.95. The second kappa shape index (κ2) is 5.40. The molecular formula is C16H15N3O3. The van der Waals surface area contributed by atoms with E-state index in [1.807, 2.05) is 31.2 Å². The van der Waals surface area contributed by atoms with Crippen LogP contribution < -0.4 is 15.8 Å². The lowest BCUT2D eigenvalue weighted by Crippen LogP contribution is -2.30. The number of guanidine groups is 1. The minimum absolute atomic E-state index is 0.0863. The maximum atomic E-state index is 11.6. The first-order valence-electron chi connectivity index (χ1n) is 6.69. The first-order chi connectivity index (χ1) is 10.6. The van der Waals surface area contributed by atoms with E-state index in [0.717, 1.165) is 16.9 Å². The van der Waals surface area contributed by atoms with Crippen molar-refractivity contribution in [3.05, 3.63) is 47.4 Å². The summed E-state index contributed by atoms with van der Waals surface area (Å²) in [4.78, 5) is 15.5. The molecule has 2 aromatic rings. The number of ether oxygens (including phenoxy) is 1. The Morgan fingerprint density at radius 3 is 2.82 bits per heavy atom. The standard InChI is InChI=1S/C16H15N3O3/c1-9-3-5-11(14(7-9)21-2)13-6-4-10(22-13)8-12-15(20)19-16(17)18-12/h3-8H,1-2H3,(H3,17,18,19,20)/b12-8+. The summed E-state index contributed by atoms with van der Waals surface area (Å²) in [6.07, 6.45) is 1.54. The van der Waals surface area contributed by atoms with Crippen molar-refractivity contribution in [2.75, 3.05) is 7.11 Å². The Morgan fingerprint density at radius 2 is 2.14 bits per heavy atom. The number of benzene rings is 1. The molecular weight excluding hydrogens is 282 g/mol. The number of hydrogen-bond acceptors (Lipinski definition) is 5. The number of amides is 1. The van der Waals surface area contributed by atoms with Gasteiger partial charge >= 0.3 is 0 Å². The minimum atomic E-state index is -0.344. The van der Waals surface area contributed by atoms with E-state index in [4.69, 9.17) is 14.9 Å². The van der Waals surface area contributed by atoms with Gasteiger partial charge < -0.3 is 14.9 Å². The zero-order chi connectivity index (χ0) is 15.7. The van der Waals surface area contributed by atoms with E-state index in [0.29, 0.717) is 11.5 Å². The Hall–Kier alpha value is -3.02. The highest BCUT2D eigenvalue weighted by Gasteiger charge is 2.18. The Morgan fingerprint density at radius 1 is 1.32 bits per heavy atom. The first kappa shape index (κ1) is 13.9. The van der Waals surface area contributed by atoms with Crippen molar-refractivity contribution >= 4 is 17.9 Å². The Bertz CT molecular complexity index is 803. The van der Waals surface area contributed by atoms with Crippen molar-refractivity contribution in [2.24, 2.45) is 10.7 Å². The van der Waals surface area contributed by atoms with E-state index in [1.54, 1.807) is 19.3 Å². The van der Waals surface area contributed by atoms with Crippen LogP contribution in [0.2, 0.25) is 0 Å². The number of methoxy groups -OCH3 is 1. The van der Waals surface area contributed by atoms with Gasteiger partial charge in [-0.05, 0) is 36.8 Å². The summed E-state index contributed by atoms with van der Waals surface area (Å²) in [7, 11) is 1.62. The number of nitrogens with one attached hydrogen (secondary N) is 1. The molecule has 0 atom stereocenters. The fraction of sp³-hybridized carbons (Fsp3) is 0.125. The van der Waals surface area contributed by atoms with Crippen molar-refractivity contribution in [2.45, 2.75) is 6.92 Å². The van der Waals surface area contributed by atoms with Crippen LogP contribution in [0.4, 0.5) is 0 Å². The normalized spacial score (nSPS) is 15.8. The molecule has 1 aliphatic heterocycles. The third kappa shape index (κ3) is 2.58. The third-order valence-electron chi connectivity index (χ3n) is 3.24. The SMILES string of the molecule is COc1cc(C)ccc1-c1ccc(/C=C2/N=C(N)NC2=O)o1. The largest absolute Gasteiger partial charge is 0.496 e. The van der Waals surface area contributed by atoms with E-state index >= 15 is 0 Å². The molecule has 1 aliphatic rings. The lowest BCUT2D eigenvalue weighted by molar-refractivity contribution is -0.115. The third-order valence-corrected chi connectivity index (χ3v) is 3.24. The van der Waals surface area contributed by atoms with Crippen LogP contribution in [0.25, 0.3) is 17.4 Å². The first-order valence-corrected chi connectivity index (χ1v) is 6.69. The van der Waals surface area contributed by atoms with Gasteiger partial charge in [0.05, 0.1) is 12.7 Å². The van der Waals surface area contributed by atoms with E-state index in [-0.39, 0.29) is 17.6 Å². The summed E-state index contributed by atoms with van der Waals surface area (Å²) in [5.41, 5.74) is 7.61. The number of furan rings is 1. The molecule has 0 aliphatic carbocycles.